The quantitative estimate of drug-likeness (QED) is 0.837. The lowest BCUT2D eigenvalue weighted by atomic mass is 10.1. The van der Waals surface area contributed by atoms with Crippen molar-refractivity contribution in [2.24, 2.45) is 0 Å². The van der Waals surface area contributed by atoms with E-state index in [-0.39, 0.29) is 5.56 Å². The summed E-state index contributed by atoms with van der Waals surface area (Å²) in [6.45, 7) is 1.79. The molecule has 6 nitrogen and oxygen atoms in total. The van der Waals surface area contributed by atoms with Crippen LogP contribution < -0.4 is 10.6 Å². The average Bonchev–Trinajstić information content (AvgIpc) is 2.81. The van der Waals surface area contributed by atoms with Gasteiger partial charge in [0, 0.05) is 24.7 Å². The van der Waals surface area contributed by atoms with E-state index in [2.05, 4.69) is 10.2 Å². The van der Waals surface area contributed by atoms with E-state index in [1.807, 2.05) is 25.1 Å². The van der Waals surface area contributed by atoms with E-state index in [1.165, 1.54) is 23.1 Å². The molecule has 1 heterocycles. The lowest BCUT2D eigenvalue weighted by molar-refractivity contribution is 0.0697. The van der Waals surface area contributed by atoms with Crippen LogP contribution in [0.4, 0.5) is 10.8 Å². The van der Waals surface area contributed by atoms with Gasteiger partial charge in [-0.1, -0.05) is 23.1 Å². The largest absolute Gasteiger partial charge is 0.478 e. The summed E-state index contributed by atoms with van der Waals surface area (Å²) in [7, 11) is 3.79. The van der Waals surface area contributed by atoms with E-state index in [1.54, 1.807) is 13.0 Å². The summed E-state index contributed by atoms with van der Waals surface area (Å²) in [5.41, 5.74) is 6.92. The van der Waals surface area contributed by atoms with Crippen molar-refractivity contribution >= 4 is 39.9 Å². The second-order valence-corrected chi connectivity index (χ2v) is 6.63. The fourth-order valence-electron chi connectivity index (χ4n) is 1.53. The van der Waals surface area contributed by atoms with E-state index >= 15 is 0 Å². The van der Waals surface area contributed by atoms with Gasteiger partial charge in [-0.05, 0) is 24.6 Å². The highest BCUT2D eigenvalue weighted by Gasteiger charge is 2.14. The van der Waals surface area contributed by atoms with Crippen LogP contribution in [0.25, 0.3) is 0 Å². The Balaban J connectivity index is 2.31. The second-order valence-electron chi connectivity index (χ2n) is 4.35. The molecule has 0 unspecified atom stereocenters. The highest BCUT2D eigenvalue weighted by molar-refractivity contribution is 8.01. The molecule has 0 saturated heterocycles. The summed E-state index contributed by atoms with van der Waals surface area (Å²) in [5, 5.41) is 18.1. The molecule has 0 atom stereocenters. The molecule has 2 aromatic rings. The minimum absolute atomic E-state index is 0.116. The molecule has 106 valence electrons. The normalized spacial score (nSPS) is 10.6. The molecule has 0 bridgehead atoms. The highest BCUT2D eigenvalue weighted by Crippen LogP contribution is 2.35. The molecular weight excluding hydrogens is 296 g/mol. The molecule has 0 amide bonds. The zero-order valence-electron chi connectivity index (χ0n) is 11.2. The van der Waals surface area contributed by atoms with Gasteiger partial charge in [-0.3, -0.25) is 0 Å². The van der Waals surface area contributed by atoms with Crippen molar-refractivity contribution in [1.82, 2.24) is 10.2 Å². The molecule has 0 aliphatic carbocycles. The van der Waals surface area contributed by atoms with Gasteiger partial charge >= 0.3 is 5.97 Å². The standard InChI is InChI=1S/C12H14N4O2S2/c1-6-4-7(5-8(9(6)13)10(17)18)19-12-15-14-11(20-12)16(2)3/h4-5H,13H2,1-3H3,(H,17,18). The fraction of sp³-hybridized carbons (Fsp3) is 0.250. The SMILES string of the molecule is Cc1cc(Sc2nnc(N(C)C)s2)cc(C(=O)O)c1N. The lowest BCUT2D eigenvalue weighted by Crippen LogP contribution is -2.07. The third-order valence-corrected chi connectivity index (χ3v) is 4.69. The van der Waals surface area contributed by atoms with Crippen LogP contribution in [0.1, 0.15) is 15.9 Å². The Hall–Kier alpha value is -1.80. The summed E-state index contributed by atoms with van der Waals surface area (Å²) >= 11 is 2.83. The number of hydrogen-bond acceptors (Lipinski definition) is 7. The third kappa shape index (κ3) is 3.02. The first-order valence-electron chi connectivity index (χ1n) is 5.70. The molecule has 0 saturated carbocycles. The van der Waals surface area contributed by atoms with Crippen molar-refractivity contribution in [1.29, 1.82) is 0 Å². The minimum Gasteiger partial charge on any atom is -0.478 e. The number of nitrogen functional groups attached to an aromatic ring is 1. The van der Waals surface area contributed by atoms with Crippen molar-refractivity contribution < 1.29 is 9.90 Å². The van der Waals surface area contributed by atoms with E-state index in [0.717, 1.165) is 19.9 Å². The van der Waals surface area contributed by atoms with Gasteiger partial charge in [0.25, 0.3) is 0 Å². The fourth-order valence-corrected chi connectivity index (χ4v) is 3.40. The van der Waals surface area contributed by atoms with Crippen molar-refractivity contribution in [3.63, 3.8) is 0 Å². The minimum atomic E-state index is -1.03. The zero-order chi connectivity index (χ0) is 14.9. The van der Waals surface area contributed by atoms with Crippen LogP contribution in [0, 0.1) is 6.92 Å². The van der Waals surface area contributed by atoms with Gasteiger partial charge in [0.05, 0.1) is 5.56 Å². The van der Waals surface area contributed by atoms with Crippen LogP contribution in [0.3, 0.4) is 0 Å². The predicted octanol–water partition coefficient (Wildman–Crippen LogP) is 2.34. The molecule has 0 aliphatic rings. The van der Waals surface area contributed by atoms with Gasteiger partial charge in [-0.2, -0.15) is 0 Å². The number of nitrogens with two attached hydrogens (primary N) is 1. The topological polar surface area (TPSA) is 92.3 Å². The molecular formula is C12H14N4O2S2. The van der Waals surface area contributed by atoms with E-state index in [4.69, 9.17) is 10.8 Å². The zero-order valence-corrected chi connectivity index (χ0v) is 12.9. The van der Waals surface area contributed by atoms with Gasteiger partial charge in [0.1, 0.15) is 0 Å². The number of nitrogens with zero attached hydrogens (tertiary/aromatic N) is 3. The molecule has 1 aromatic carbocycles. The van der Waals surface area contributed by atoms with Crippen LogP contribution in [0.2, 0.25) is 0 Å². The Bertz CT molecular complexity index is 655. The van der Waals surface area contributed by atoms with Gasteiger partial charge in [-0.15, -0.1) is 10.2 Å². The van der Waals surface area contributed by atoms with Crippen LogP contribution >= 0.6 is 23.1 Å². The monoisotopic (exact) mass is 310 g/mol. The number of aryl methyl sites for hydroxylation is 1. The van der Waals surface area contributed by atoms with E-state index in [9.17, 15) is 4.79 Å². The number of rotatable bonds is 4. The van der Waals surface area contributed by atoms with E-state index < -0.39 is 5.97 Å². The number of carboxylic acids is 1. The van der Waals surface area contributed by atoms with Crippen LogP contribution in [-0.4, -0.2) is 35.4 Å². The summed E-state index contributed by atoms with van der Waals surface area (Å²) in [5.74, 6) is -1.03. The first-order chi connectivity index (χ1) is 9.38. The van der Waals surface area contributed by atoms with Crippen LogP contribution in [0.15, 0.2) is 21.4 Å². The number of carboxylic acid groups (broad SMARTS) is 1. The van der Waals surface area contributed by atoms with Gasteiger partial charge in [0.15, 0.2) is 4.34 Å². The van der Waals surface area contributed by atoms with Crippen LogP contribution in [-0.2, 0) is 0 Å². The average molecular weight is 310 g/mol. The number of hydrogen-bond donors (Lipinski definition) is 2. The first kappa shape index (κ1) is 14.6. The van der Waals surface area contributed by atoms with Crippen molar-refractivity contribution in [3.8, 4) is 0 Å². The second kappa shape index (κ2) is 5.68. The summed E-state index contributed by atoms with van der Waals surface area (Å²) in [6, 6.07) is 3.41. The van der Waals surface area contributed by atoms with Gasteiger partial charge < -0.3 is 15.7 Å². The van der Waals surface area contributed by atoms with Gasteiger partial charge in [0.2, 0.25) is 5.13 Å². The molecule has 0 fully saturated rings. The first-order valence-corrected chi connectivity index (χ1v) is 7.34. The molecule has 2 rings (SSSR count). The third-order valence-electron chi connectivity index (χ3n) is 2.57. The Morgan fingerprint density at radius 2 is 2.10 bits per heavy atom. The summed E-state index contributed by atoms with van der Waals surface area (Å²) in [4.78, 5) is 13.8. The molecule has 8 heteroatoms. The highest BCUT2D eigenvalue weighted by atomic mass is 32.2. The Labute approximate surface area is 124 Å². The maximum Gasteiger partial charge on any atom is 0.337 e. The molecule has 1 aromatic heterocycles. The Morgan fingerprint density at radius 1 is 1.40 bits per heavy atom. The maximum atomic E-state index is 11.2. The molecule has 3 N–H and O–H groups in total. The van der Waals surface area contributed by atoms with Crippen molar-refractivity contribution in [2.45, 2.75) is 16.2 Å². The number of carbonyl (C=O) groups is 1. The molecule has 0 radical (unpaired) electrons. The number of anilines is 2. The lowest BCUT2D eigenvalue weighted by Gasteiger charge is -2.07. The van der Waals surface area contributed by atoms with Gasteiger partial charge in [-0.25, -0.2) is 4.79 Å². The number of aromatic carboxylic acids is 1. The predicted molar refractivity (Wildman–Crippen MR) is 80.9 cm³/mol. The van der Waals surface area contributed by atoms with Crippen molar-refractivity contribution in [2.75, 3.05) is 24.7 Å². The van der Waals surface area contributed by atoms with Crippen molar-refractivity contribution in [3.05, 3.63) is 23.3 Å². The van der Waals surface area contributed by atoms with Crippen LogP contribution in [0.5, 0.6) is 0 Å². The molecule has 0 aliphatic heterocycles. The Kier molecular flexibility index (Phi) is 4.15. The molecule has 20 heavy (non-hydrogen) atoms. The molecule has 0 spiro atoms. The Morgan fingerprint density at radius 3 is 2.65 bits per heavy atom. The maximum absolute atomic E-state index is 11.2. The summed E-state index contributed by atoms with van der Waals surface area (Å²) in [6.07, 6.45) is 0. The summed E-state index contributed by atoms with van der Waals surface area (Å²) < 4.78 is 0.759. The van der Waals surface area contributed by atoms with E-state index in [0.29, 0.717) is 5.69 Å². The number of benzene rings is 1. The smallest absolute Gasteiger partial charge is 0.337 e. The number of aromatic nitrogens is 2.